The minimum atomic E-state index is -4.94. The maximum atomic E-state index is 8.49. The normalized spacial score (nSPS) is 19.3. The van der Waals surface area contributed by atoms with E-state index in [2.05, 4.69) is 86.9 Å². The number of hydrogen-bond acceptors (Lipinski definition) is 4. The van der Waals surface area contributed by atoms with E-state index in [0.717, 1.165) is 6.42 Å². The summed E-state index contributed by atoms with van der Waals surface area (Å²) in [6.07, 6.45) is 1.06. The van der Waals surface area contributed by atoms with E-state index in [0.29, 0.717) is 6.04 Å². The highest BCUT2D eigenvalue weighted by molar-refractivity contribution is 5.94. The lowest BCUT2D eigenvalue weighted by molar-refractivity contribution is -2.00. The van der Waals surface area contributed by atoms with E-state index in [1.54, 1.807) is 0 Å². The molecular weight excluding hydrogens is 354 g/mol. The molecule has 140 valence electrons. The van der Waals surface area contributed by atoms with Crippen molar-refractivity contribution in [3.8, 4) is 0 Å². The minimum absolute atomic E-state index is 0.0855. The van der Waals surface area contributed by atoms with Gasteiger partial charge in [-0.05, 0) is 32.8 Å². The molecule has 6 heteroatoms. The van der Waals surface area contributed by atoms with E-state index < -0.39 is 10.2 Å². The van der Waals surface area contributed by atoms with Gasteiger partial charge in [0.05, 0.1) is 5.41 Å². The van der Waals surface area contributed by atoms with Gasteiger partial charge in [0, 0.05) is 18.6 Å². The summed E-state index contributed by atoms with van der Waals surface area (Å²) in [6, 6.07) is 20.2. The molecule has 3 rings (SSSR count). The smallest absolute Gasteiger partial charge is 0.209 e. The number of para-hydroxylation sites is 1. The van der Waals surface area contributed by atoms with Gasteiger partial charge in [0.15, 0.2) is 11.8 Å². The largest absolute Gasteiger partial charge is 0.222 e. The fraction of sp³-hybridized carbons (Fsp3) is 0.350. The van der Waals surface area contributed by atoms with Crippen molar-refractivity contribution in [1.82, 2.24) is 0 Å². The van der Waals surface area contributed by atoms with Gasteiger partial charge in [-0.2, -0.15) is 4.58 Å². The lowest BCUT2D eigenvalue weighted by Gasteiger charge is -2.22. The number of benzene rings is 2. The van der Waals surface area contributed by atoms with Gasteiger partial charge in [0.1, 0.15) is 0 Å². The standard InChI is InChI=1S/C20H24N.ClHO4/c1-15(2)21-16(3)20(4,14-17-10-6-5-7-11-17)18-12-8-9-13-19(18)21;2-1(3,4)5/h5-13,15H,14H2,1-4H3;(H,2,3,4,5)/q+1;/p-1. The molecule has 0 aromatic heterocycles. The molecule has 0 saturated carbocycles. The van der Waals surface area contributed by atoms with Crippen molar-refractivity contribution < 1.29 is 33.5 Å². The number of nitrogens with zero attached hydrogens (tertiary/aromatic N) is 1. The first kappa shape index (κ1) is 20.6. The van der Waals surface area contributed by atoms with Gasteiger partial charge in [-0.3, -0.25) is 0 Å². The lowest BCUT2D eigenvalue weighted by atomic mass is 9.75. The molecule has 1 atom stereocenters. The number of rotatable bonds is 3. The van der Waals surface area contributed by atoms with Crippen LogP contribution in [0.1, 0.15) is 38.8 Å². The third kappa shape index (κ3) is 4.69. The van der Waals surface area contributed by atoms with Crippen LogP contribution in [0.4, 0.5) is 5.69 Å². The summed E-state index contributed by atoms with van der Waals surface area (Å²) in [6.45, 7) is 9.22. The molecule has 2 aromatic carbocycles. The molecule has 0 bridgehead atoms. The predicted molar refractivity (Wildman–Crippen MR) is 89.7 cm³/mol. The maximum absolute atomic E-state index is 8.49. The van der Waals surface area contributed by atoms with Crippen LogP contribution in [-0.4, -0.2) is 16.3 Å². The number of halogens is 1. The zero-order chi connectivity index (χ0) is 19.5. The van der Waals surface area contributed by atoms with Crippen LogP contribution in [0, 0.1) is 10.2 Å². The average molecular weight is 378 g/mol. The molecule has 0 spiro atoms. The summed E-state index contributed by atoms with van der Waals surface area (Å²) < 4.78 is 36.5. The fourth-order valence-corrected chi connectivity index (χ4v) is 3.68. The second-order valence-corrected chi connectivity index (χ2v) is 7.69. The third-order valence-corrected chi connectivity index (χ3v) is 4.83. The van der Waals surface area contributed by atoms with E-state index in [4.69, 9.17) is 18.6 Å². The Hall–Kier alpha value is -1.76. The first-order valence-corrected chi connectivity index (χ1v) is 9.66. The van der Waals surface area contributed by atoms with Crippen molar-refractivity contribution in [2.24, 2.45) is 0 Å². The monoisotopic (exact) mass is 377 g/mol. The maximum Gasteiger partial charge on any atom is 0.209 e. The summed E-state index contributed by atoms with van der Waals surface area (Å²) in [7, 11) is -4.94. The van der Waals surface area contributed by atoms with Crippen LogP contribution >= 0.6 is 0 Å². The molecule has 2 aromatic rings. The molecule has 26 heavy (non-hydrogen) atoms. The van der Waals surface area contributed by atoms with Crippen LogP contribution in [0.25, 0.3) is 0 Å². The quantitative estimate of drug-likeness (QED) is 0.701. The molecule has 0 N–H and O–H groups in total. The van der Waals surface area contributed by atoms with E-state index >= 15 is 0 Å². The Bertz CT molecular complexity index is 778. The van der Waals surface area contributed by atoms with Crippen molar-refractivity contribution in [2.45, 2.75) is 45.6 Å². The van der Waals surface area contributed by atoms with Crippen LogP contribution in [0.3, 0.4) is 0 Å². The Morgan fingerprint density at radius 1 is 0.923 bits per heavy atom. The lowest BCUT2D eigenvalue weighted by Crippen LogP contribution is -2.68. The van der Waals surface area contributed by atoms with Crippen molar-refractivity contribution in [3.05, 3.63) is 65.7 Å². The van der Waals surface area contributed by atoms with E-state index in [1.807, 2.05) is 0 Å². The van der Waals surface area contributed by atoms with Crippen LogP contribution in [0.15, 0.2) is 54.6 Å². The molecule has 1 aliphatic rings. The second-order valence-electron chi connectivity index (χ2n) is 6.94. The molecular formula is C20H24ClNO4. The van der Waals surface area contributed by atoms with Crippen LogP contribution < -0.4 is 18.6 Å². The van der Waals surface area contributed by atoms with Crippen LogP contribution in [-0.2, 0) is 11.8 Å². The number of fused-ring (bicyclic) bond motifs is 1. The first-order chi connectivity index (χ1) is 12.0. The van der Waals surface area contributed by atoms with Crippen molar-refractivity contribution in [3.63, 3.8) is 0 Å². The Morgan fingerprint density at radius 3 is 1.96 bits per heavy atom. The topological polar surface area (TPSA) is 95.2 Å². The van der Waals surface area contributed by atoms with Crippen LogP contribution in [0.5, 0.6) is 0 Å². The van der Waals surface area contributed by atoms with Gasteiger partial charge < -0.3 is 0 Å². The molecule has 0 fully saturated rings. The van der Waals surface area contributed by atoms with Crippen molar-refractivity contribution in [1.29, 1.82) is 0 Å². The summed E-state index contributed by atoms with van der Waals surface area (Å²) in [5.74, 6) is 0. The Labute approximate surface area is 156 Å². The van der Waals surface area contributed by atoms with E-state index in [-0.39, 0.29) is 5.41 Å². The molecule has 0 aliphatic carbocycles. The molecule has 0 saturated heterocycles. The Morgan fingerprint density at radius 2 is 1.42 bits per heavy atom. The van der Waals surface area contributed by atoms with Gasteiger partial charge >= 0.3 is 0 Å². The van der Waals surface area contributed by atoms with Gasteiger partial charge in [-0.1, -0.05) is 48.5 Å². The zero-order valence-electron chi connectivity index (χ0n) is 15.4. The first-order valence-electron chi connectivity index (χ1n) is 8.42. The highest BCUT2D eigenvalue weighted by atomic mass is 35.7. The Balaban J connectivity index is 0.000000431. The Kier molecular flexibility index (Phi) is 6.21. The number of hydrogen-bond donors (Lipinski definition) is 0. The van der Waals surface area contributed by atoms with Crippen molar-refractivity contribution in [2.75, 3.05) is 0 Å². The summed E-state index contributed by atoms with van der Waals surface area (Å²) in [4.78, 5) is 0. The summed E-state index contributed by atoms with van der Waals surface area (Å²) in [5.41, 5.74) is 5.79. The second kappa shape index (κ2) is 7.86. The summed E-state index contributed by atoms with van der Waals surface area (Å²) >= 11 is 0. The molecule has 1 heterocycles. The molecule has 5 nitrogen and oxygen atoms in total. The van der Waals surface area contributed by atoms with E-state index in [1.165, 1.54) is 22.5 Å². The van der Waals surface area contributed by atoms with Crippen LogP contribution in [0.2, 0.25) is 0 Å². The average Bonchev–Trinajstić information content (AvgIpc) is 2.75. The molecule has 0 radical (unpaired) electrons. The molecule has 1 aliphatic heterocycles. The minimum Gasteiger partial charge on any atom is -0.222 e. The highest BCUT2D eigenvalue weighted by Crippen LogP contribution is 2.42. The van der Waals surface area contributed by atoms with Gasteiger partial charge in [0.25, 0.3) is 0 Å². The summed E-state index contributed by atoms with van der Waals surface area (Å²) in [5, 5.41) is 0. The van der Waals surface area contributed by atoms with E-state index in [9.17, 15) is 0 Å². The van der Waals surface area contributed by atoms with Crippen molar-refractivity contribution >= 4 is 11.4 Å². The zero-order valence-corrected chi connectivity index (χ0v) is 16.2. The fourth-order valence-electron chi connectivity index (χ4n) is 3.68. The predicted octanol–water partition coefficient (Wildman–Crippen LogP) is -0.0421. The molecule has 1 unspecified atom stereocenters. The molecule has 0 amide bonds. The third-order valence-electron chi connectivity index (χ3n) is 4.83. The van der Waals surface area contributed by atoms with Gasteiger partial charge in [-0.25, -0.2) is 18.6 Å². The SMILES string of the molecule is CC1=[N+](C(C)C)c2ccccc2C1(C)Cc1ccccc1.[O-][Cl+3]([O-])([O-])[O-]. The van der Waals surface area contributed by atoms with Gasteiger partial charge in [-0.15, -0.1) is 10.2 Å². The highest BCUT2D eigenvalue weighted by Gasteiger charge is 2.46. The van der Waals surface area contributed by atoms with Gasteiger partial charge in [0.2, 0.25) is 5.69 Å².